The molecule has 10 heteroatoms. The maximum absolute atomic E-state index is 13.2. The van der Waals surface area contributed by atoms with Crippen LogP contribution in [0.2, 0.25) is 0 Å². The zero-order valence-corrected chi connectivity index (χ0v) is 14.6. The van der Waals surface area contributed by atoms with E-state index in [1.807, 2.05) is 0 Å². The molecule has 2 rings (SSSR count). The van der Waals surface area contributed by atoms with E-state index in [2.05, 4.69) is 5.32 Å². The first kappa shape index (κ1) is 19.7. The summed E-state index contributed by atoms with van der Waals surface area (Å²) in [4.78, 5) is 12.1. The Kier molecular flexibility index (Phi) is 6.07. The van der Waals surface area contributed by atoms with Crippen LogP contribution in [0.1, 0.15) is 5.56 Å². The van der Waals surface area contributed by atoms with Crippen molar-refractivity contribution in [3.8, 4) is 0 Å². The van der Waals surface area contributed by atoms with E-state index in [1.165, 1.54) is 14.1 Å². The summed E-state index contributed by atoms with van der Waals surface area (Å²) in [5.74, 6) is -5.53. The van der Waals surface area contributed by atoms with Crippen LogP contribution in [-0.4, -0.2) is 57.7 Å². The fourth-order valence-electron chi connectivity index (χ4n) is 2.50. The van der Waals surface area contributed by atoms with Crippen molar-refractivity contribution in [2.45, 2.75) is 12.5 Å². The van der Waals surface area contributed by atoms with Gasteiger partial charge in [0, 0.05) is 20.0 Å². The van der Waals surface area contributed by atoms with Crippen LogP contribution in [-0.2, 0) is 26.0 Å². The number of benzene rings is 1. The lowest BCUT2D eigenvalue weighted by Crippen LogP contribution is -2.44. The van der Waals surface area contributed by atoms with Crippen LogP contribution in [0.5, 0.6) is 0 Å². The largest absolute Gasteiger partial charge is 0.379 e. The normalized spacial score (nSPS) is 20.9. The quantitative estimate of drug-likeness (QED) is 0.736. The number of carbonyl (C=O) groups is 1. The van der Waals surface area contributed by atoms with Crippen LogP contribution in [0.4, 0.5) is 13.2 Å². The van der Waals surface area contributed by atoms with Gasteiger partial charge in [0.15, 0.2) is 17.5 Å². The van der Waals surface area contributed by atoms with E-state index in [-0.39, 0.29) is 31.0 Å². The van der Waals surface area contributed by atoms with Gasteiger partial charge in [0.25, 0.3) is 0 Å². The SMILES string of the molecule is CN(C)S(=O)(=O)C[C@@H]1COC[C@H]1NC(=O)Cc1cc(F)c(F)c(F)c1. The molecule has 140 valence electrons. The Morgan fingerprint density at radius 3 is 2.40 bits per heavy atom. The molecular weight excluding hydrogens is 361 g/mol. The maximum atomic E-state index is 13.2. The standard InChI is InChI=1S/C15H19F3N2O4S/c1-20(2)25(22,23)8-10-6-24-7-13(10)19-14(21)5-9-3-11(16)15(18)12(17)4-9/h3-4,10,13H,5-8H2,1-2H3,(H,19,21)/t10-,13+/m0/s1. The summed E-state index contributed by atoms with van der Waals surface area (Å²) in [6.07, 6.45) is -0.363. The first-order valence-electron chi connectivity index (χ1n) is 7.51. The maximum Gasteiger partial charge on any atom is 0.224 e. The number of hydrogen-bond donors (Lipinski definition) is 1. The smallest absolute Gasteiger partial charge is 0.224 e. The highest BCUT2D eigenvalue weighted by Gasteiger charge is 2.34. The van der Waals surface area contributed by atoms with E-state index in [0.717, 1.165) is 16.4 Å². The van der Waals surface area contributed by atoms with Crippen molar-refractivity contribution < 1.29 is 31.1 Å². The minimum absolute atomic E-state index is 0.0229. The van der Waals surface area contributed by atoms with E-state index < -0.39 is 45.3 Å². The highest BCUT2D eigenvalue weighted by atomic mass is 32.2. The first-order valence-corrected chi connectivity index (χ1v) is 9.12. The number of nitrogens with one attached hydrogen (secondary N) is 1. The second kappa shape index (κ2) is 7.71. The fourth-order valence-corrected chi connectivity index (χ4v) is 3.66. The van der Waals surface area contributed by atoms with E-state index >= 15 is 0 Å². The molecule has 1 saturated heterocycles. The number of nitrogens with zero attached hydrogens (tertiary/aromatic N) is 1. The first-order chi connectivity index (χ1) is 11.6. The third kappa shape index (κ3) is 4.93. The van der Waals surface area contributed by atoms with Gasteiger partial charge < -0.3 is 10.1 Å². The van der Waals surface area contributed by atoms with Crippen molar-refractivity contribution in [3.05, 3.63) is 35.1 Å². The molecular formula is C15H19F3N2O4S. The Morgan fingerprint density at radius 2 is 1.84 bits per heavy atom. The van der Waals surface area contributed by atoms with Crippen LogP contribution < -0.4 is 5.32 Å². The van der Waals surface area contributed by atoms with E-state index in [9.17, 15) is 26.4 Å². The molecule has 1 N–H and O–H groups in total. The third-order valence-corrected chi connectivity index (χ3v) is 5.90. The summed E-state index contributed by atoms with van der Waals surface area (Å²) in [7, 11) is -0.638. The molecule has 2 atom stereocenters. The summed E-state index contributed by atoms with van der Waals surface area (Å²) >= 11 is 0. The molecule has 1 aliphatic rings. The number of halogens is 3. The Balaban J connectivity index is 2.00. The summed E-state index contributed by atoms with van der Waals surface area (Å²) in [6, 6.07) is 0.964. The van der Waals surface area contributed by atoms with Gasteiger partial charge in [0.1, 0.15) is 0 Å². The number of hydrogen-bond acceptors (Lipinski definition) is 4. The molecule has 25 heavy (non-hydrogen) atoms. The van der Waals surface area contributed by atoms with Gasteiger partial charge in [-0.3, -0.25) is 4.79 Å². The van der Waals surface area contributed by atoms with Crippen LogP contribution in [0, 0.1) is 23.4 Å². The third-order valence-electron chi connectivity index (χ3n) is 3.93. The highest BCUT2D eigenvalue weighted by Crippen LogP contribution is 2.18. The lowest BCUT2D eigenvalue weighted by Gasteiger charge is -2.21. The Hall–Kier alpha value is -1.65. The molecule has 0 spiro atoms. The van der Waals surface area contributed by atoms with Gasteiger partial charge in [-0.25, -0.2) is 25.9 Å². The van der Waals surface area contributed by atoms with E-state index in [4.69, 9.17) is 4.74 Å². The number of carbonyl (C=O) groups excluding carboxylic acids is 1. The molecule has 1 heterocycles. The van der Waals surface area contributed by atoms with Crippen molar-refractivity contribution in [1.82, 2.24) is 9.62 Å². The molecule has 0 aliphatic carbocycles. The average molecular weight is 380 g/mol. The zero-order chi connectivity index (χ0) is 18.8. The van der Waals surface area contributed by atoms with Gasteiger partial charge in [-0.05, 0) is 17.7 Å². The summed E-state index contributed by atoms with van der Waals surface area (Å²) in [5, 5.41) is 2.61. The van der Waals surface area contributed by atoms with Crippen molar-refractivity contribution in [1.29, 1.82) is 0 Å². The minimum Gasteiger partial charge on any atom is -0.379 e. The second-order valence-corrected chi connectivity index (χ2v) is 8.31. The lowest BCUT2D eigenvalue weighted by molar-refractivity contribution is -0.121. The van der Waals surface area contributed by atoms with Gasteiger partial charge in [-0.15, -0.1) is 0 Å². The molecule has 0 aromatic heterocycles. The fraction of sp³-hybridized carbons (Fsp3) is 0.533. The predicted molar refractivity (Wildman–Crippen MR) is 83.7 cm³/mol. The van der Waals surface area contributed by atoms with Crippen molar-refractivity contribution in [2.75, 3.05) is 33.1 Å². The van der Waals surface area contributed by atoms with Crippen LogP contribution >= 0.6 is 0 Å². The summed E-state index contributed by atoms with van der Waals surface area (Å²) in [6.45, 7) is 0.323. The second-order valence-electron chi connectivity index (χ2n) is 6.08. The van der Waals surface area contributed by atoms with Gasteiger partial charge >= 0.3 is 0 Å². The summed E-state index contributed by atoms with van der Waals surface area (Å²) in [5.41, 5.74) is -0.0229. The highest BCUT2D eigenvalue weighted by molar-refractivity contribution is 7.89. The zero-order valence-electron chi connectivity index (χ0n) is 13.8. The molecule has 1 aliphatic heterocycles. The molecule has 1 aromatic carbocycles. The van der Waals surface area contributed by atoms with Crippen LogP contribution in [0.15, 0.2) is 12.1 Å². The molecule has 1 fully saturated rings. The Morgan fingerprint density at radius 1 is 1.24 bits per heavy atom. The molecule has 0 radical (unpaired) electrons. The topological polar surface area (TPSA) is 75.7 Å². The molecule has 6 nitrogen and oxygen atoms in total. The number of amides is 1. The predicted octanol–water partition coefficient (Wildman–Crippen LogP) is 0.669. The molecule has 0 unspecified atom stereocenters. The van der Waals surface area contributed by atoms with Crippen molar-refractivity contribution in [2.24, 2.45) is 5.92 Å². The Bertz CT molecular complexity index is 732. The van der Waals surface area contributed by atoms with Crippen LogP contribution in [0.3, 0.4) is 0 Å². The van der Waals surface area contributed by atoms with Crippen molar-refractivity contribution >= 4 is 15.9 Å². The molecule has 0 saturated carbocycles. The van der Waals surface area contributed by atoms with E-state index in [1.54, 1.807) is 0 Å². The number of ether oxygens (including phenoxy) is 1. The average Bonchev–Trinajstić information content (AvgIpc) is 2.90. The monoisotopic (exact) mass is 380 g/mol. The van der Waals surface area contributed by atoms with Gasteiger partial charge in [-0.1, -0.05) is 0 Å². The van der Waals surface area contributed by atoms with Gasteiger partial charge in [0.2, 0.25) is 15.9 Å². The Labute approximate surface area is 144 Å². The van der Waals surface area contributed by atoms with Crippen LogP contribution in [0.25, 0.3) is 0 Å². The van der Waals surface area contributed by atoms with Gasteiger partial charge in [-0.2, -0.15) is 0 Å². The van der Waals surface area contributed by atoms with Crippen molar-refractivity contribution in [3.63, 3.8) is 0 Å². The number of sulfonamides is 1. The lowest BCUT2D eigenvalue weighted by atomic mass is 10.1. The van der Waals surface area contributed by atoms with Gasteiger partial charge in [0.05, 0.1) is 31.4 Å². The summed E-state index contributed by atoms with van der Waals surface area (Å²) < 4.78 is 69.5. The molecule has 1 aromatic rings. The minimum atomic E-state index is -3.46. The van der Waals surface area contributed by atoms with E-state index in [0.29, 0.717) is 0 Å². The molecule has 0 bridgehead atoms. The molecule has 1 amide bonds. The number of rotatable bonds is 6.